The molecule has 7 heteroatoms. The Kier molecular flexibility index (Phi) is 3.57. The van der Waals surface area contributed by atoms with E-state index in [4.69, 9.17) is 0 Å². The zero-order chi connectivity index (χ0) is 8.85. The van der Waals surface area contributed by atoms with Crippen LogP contribution in [0.25, 0.3) is 0 Å². The summed E-state index contributed by atoms with van der Waals surface area (Å²) >= 11 is 0. The molecule has 0 rings (SSSR count). The number of hydrogen-bond acceptors (Lipinski definition) is 4. The van der Waals surface area contributed by atoms with Crippen molar-refractivity contribution >= 4 is 11.9 Å². The molecule has 0 bridgehead atoms. The highest BCUT2D eigenvalue weighted by molar-refractivity contribution is 5.79. The molecule has 7 nitrogen and oxygen atoms in total. The van der Waals surface area contributed by atoms with Gasteiger partial charge in [-0.05, 0) is 0 Å². The van der Waals surface area contributed by atoms with Gasteiger partial charge in [-0.1, -0.05) is 0 Å². The Balaban J connectivity index is 3.69. The molecule has 0 spiro atoms. The summed E-state index contributed by atoms with van der Waals surface area (Å²) in [6.45, 7) is 1.22. The predicted octanol–water partition coefficient (Wildman–Crippen LogP) is -0.640. The minimum atomic E-state index is -0.796. The Hall–Kier alpha value is -1.66. The second kappa shape index (κ2) is 4.20. The number of nitroso groups, excluding NO2 is 1. The van der Waals surface area contributed by atoms with Crippen LogP contribution in [0.2, 0.25) is 0 Å². The van der Waals surface area contributed by atoms with Crippen LogP contribution in [0.1, 0.15) is 6.92 Å². The summed E-state index contributed by atoms with van der Waals surface area (Å²) in [6, 6.07) is -0.796. The average Bonchev–Trinajstić information content (AvgIpc) is 1.98. The first-order valence-electron chi connectivity index (χ1n) is 2.71. The van der Waals surface area contributed by atoms with Gasteiger partial charge in [0.15, 0.2) is 0 Å². The van der Waals surface area contributed by atoms with E-state index in [2.05, 4.69) is 5.29 Å². The van der Waals surface area contributed by atoms with Gasteiger partial charge in [-0.15, -0.1) is 4.91 Å². The van der Waals surface area contributed by atoms with Crippen LogP contribution in [0.5, 0.6) is 0 Å². The zero-order valence-electron chi connectivity index (χ0n) is 6.12. The first kappa shape index (κ1) is 9.34. The van der Waals surface area contributed by atoms with E-state index in [0.29, 0.717) is 5.01 Å². The average molecular weight is 160 g/mol. The monoisotopic (exact) mass is 160 g/mol. The van der Waals surface area contributed by atoms with Crippen molar-refractivity contribution in [3.8, 4) is 0 Å². The SMILES string of the molecule is CC(=O)NNC(=O)N(C)N=O. The van der Waals surface area contributed by atoms with Crippen LogP contribution in [0.4, 0.5) is 4.79 Å². The van der Waals surface area contributed by atoms with Crippen molar-refractivity contribution in [3.63, 3.8) is 0 Å². The zero-order valence-corrected chi connectivity index (χ0v) is 6.12. The molecule has 0 radical (unpaired) electrons. The second-order valence-corrected chi connectivity index (χ2v) is 1.72. The van der Waals surface area contributed by atoms with Crippen LogP contribution in [0, 0.1) is 4.91 Å². The highest BCUT2D eigenvalue weighted by Crippen LogP contribution is 1.80. The van der Waals surface area contributed by atoms with E-state index in [-0.39, 0.29) is 0 Å². The lowest BCUT2D eigenvalue weighted by atomic mass is 10.8. The van der Waals surface area contributed by atoms with E-state index in [1.165, 1.54) is 6.92 Å². The van der Waals surface area contributed by atoms with Crippen molar-refractivity contribution in [3.05, 3.63) is 4.91 Å². The van der Waals surface area contributed by atoms with Gasteiger partial charge >= 0.3 is 6.03 Å². The molecule has 0 aromatic heterocycles. The van der Waals surface area contributed by atoms with E-state index < -0.39 is 11.9 Å². The fourth-order valence-electron chi connectivity index (χ4n) is 0.259. The third kappa shape index (κ3) is 3.84. The molecule has 3 amide bonds. The highest BCUT2D eigenvalue weighted by Gasteiger charge is 2.06. The summed E-state index contributed by atoms with van der Waals surface area (Å²) < 4.78 is 0. The van der Waals surface area contributed by atoms with Crippen molar-refractivity contribution < 1.29 is 9.59 Å². The van der Waals surface area contributed by atoms with Crippen LogP contribution >= 0.6 is 0 Å². The molecule has 0 saturated carbocycles. The van der Waals surface area contributed by atoms with Crippen molar-refractivity contribution in [1.82, 2.24) is 15.9 Å². The summed E-state index contributed by atoms with van der Waals surface area (Å²) in [5.74, 6) is -0.433. The minimum absolute atomic E-state index is 0.433. The smallest absolute Gasteiger partial charge is 0.274 e. The maximum atomic E-state index is 10.6. The number of urea groups is 1. The molecule has 0 aliphatic carbocycles. The molecule has 0 unspecified atom stereocenters. The van der Waals surface area contributed by atoms with Crippen LogP contribution in [-0.4, -0.2) is 24.0 Å². The molecule has 0 fully saturated rings. The van der Waals surface area contributed by atoms with Crippen LogP contribution in [-0.2, 0) is 4.79 Å². The number of hydrazine groups is 1. The lowest BCUT2D eigenvalue weighted by Gasteiger charge is -2.07. The quantitative estimate of drug-likeness (QED) is 0.395. The highest BCUT2D eigenvalue weighted by atomic mass is 16.3. The Morgan fingerprint density at radius 2 is 1.91 bits per heavy atom. The van der Waals surface area contributed by atoms with E-state index >= 15 is 0 Å². The van der Waals surface area contributed by atoms with Crippen LogP contribution < -0.4 is 10.9 Å². The topological polar surface area (TPSA) is 90.9 Å². The predicted molar refractivity (Wildman–Crippen MR) is 35.9 cm³/mol. The van der Waals surface area contributed by atoms with Gasteiger partial charge in [0.1, 0.15) is 0 Å². The fourth-order valence-corrected chi connectivity index (χ4v) is 0.259. The van der Waals surface area contributed by atoms with Gasteiger partial charge in [0.05, 0.1) is 5.29 Å². The summed E-state index contributed by atoms with van der Waals surface area (Å²) in [7, 11) is 1.16. The number of rotatable bonds is 1. The molecule has 0 aliphatic heterocycles. The van der Waals surface area contributed by atoms with E-state index in [0.717, 1.165) is 7.05 Å². The molecule has 62 valence electrons. The molecule has 11 heavy (non-hydrogen) atoms. The van der Waals surface area contributed by atoms with Gasteiger partial charge < -0.3 is 0 Å². The van der Waals surface area contributed by atoms with Crippen molar-refractivity contribution in [2.45, 2.75) is 6.92 Å². The van der Waals surface area contributed by atoms with Crippen molar-refractivity contribution in [2.24, 2.45) is 5.29 Å². The molecule has 0 aromatic rings. The number of amides is 3. The van der Waals surface area contributed by atoms with Gasteiger partial charge in [0, 0.05) is 14.0 Å². The maximum Gasteiger partial charge on any atom is 0.358 e. The van der Waals surface area contributed by atoms with E-state index in [1.807, 2.05) is 10.9 Å². The number of carbonyl (C=O) groups is 2. The summed E-state index contributed by atoms with van der Waals surface area (Å²) in [6.07, 6.45) is 0. The number of carbonyl (C=O) groups excluding carboxylic acids is 2. The third-order valence-electron chi connectivity index (χ3n) is 0.762. The van der Waals surface area contributed by atoms with Gasteiger partial charge in [0.2, 0.25) is 5.91 Å². The van der Waals surface area contributed by atoms with E-state index in [9.17, 15) is 14.5 Å². The Morgan fingerprint density at radius 1 is 1.36 bits per heavy atom. The first-order valence-corrected chi connectivity index (χ1v) is 2.71. The second-order valence-electron chi connectivity index (χ2n) is 1.72. The van der Waals surface area contributed by atoms with Crippen molar-refractivity contribution in [2.75, 3.05) is 7.05 Å². The van der Waals surface area contributed by atoms with Gasteiger partial charge in [-0.25, -0.2) is 10.2 Å². The van der Waals surface area contributed by atoms with Crippen LogP contribution in [0.15, 0.2) is 5.29 Å². The van der Waals surface area contributed by atoms with Gasteiger partial charge in [0.25, 0.3) is 0 Å². The standard InChI is InChI=1S/C4H8N4O3/c1-3(9)5-6-4(10)8(2)7-11/h1-2H3,(H,5,9)(H,6,10). The molecule has 0 saturated heterocycles. The fraction of sp³-hybridized carbons (Fsp3) is 0.500. The molecule has 0 aliphatic rings. The minimum Gasteiger partial charge on any atom is -0.274 e. The number of hydrogen-bond donors (Lipinski definition) is 2. The van der Waals surface area contributed by atoms with Crippen LogP contribution in [0.3, 0.4) is 0 Å². The van der Waals surface area contributed by atoms with Gasteiger partial charge in [-0.3, -0.25) is 10.2 Å². The normalized spacial score (nSPS) is 8.18. The molecule has 2 N–H and O–H groups in total. The maximum absolute atomic E-state index is 10.6. The Labute approximate surface area is 62.7 Å². The third-order valence-corrected chi connectivity index (χ3v) is 0.762. The van der Waals surface area contributed by atoms with E-state index in [1.54, 1.807) is 0 Å². The molecule has 0 heterocycles. The summed E-state index contributed by atoms with van der Waals surface area (Å²) in [5.41, 5.74) is 3.91. The molecular weight excluding hydrogens is 152 g/mol. The Bertz CT molecular complexity index is 180. The lowest BCUT2D eigenvalue weighted by Crippen LogP contribution is -2.45. The van der Waals surface area contributed by atoms with Crippen molar-refractivity contribution in [1.29, 1.82) is 0 Å². The Morgan fingerprint density at radius 3 is 2.27 bits per heavy atom. The number of nitrogens with one attached hydrogen (secondary N) is 2. The first-order chi connectivity index (χ1) is 5.07. The number of nitrogens with zero attached hydrogens (tertiary/aromatic N) is 2. The molecule has 0 aromatic carbocycles. The largest absolute Gasteiger partial charge is 0.358 e. The summed E-state index contributed by atoms with van der Waals surface area (Å²) in [4.78, 5) is 30.5. The molecular formula is C4H8N4O3. The molecule has 0 atom stereocenters. The van der Waals surface area contributed by atoms with Gasteiger partial charge in [-0.2, -0.15) is 5.01 Å². The lowest BCUT2D eigenvalue weighted by molar-refractivity contribution is -0.119. The summed E-state index contributed by atoms with van der Waals surface area (Å²) in [5, 5.41) is 2.80.